The van der Waals surface area contributed by atoms with Crippen molar-refractivity contribution in [2.24, 2.45) is 0 Å². The second-order valence-corrected chi connectivity index (χ2v) is 18.0. The van der Waals surface area contributed by atoms with E-state index >= 15 is 0 Å². The first-order valence-corrected chi connectivity index (χ1v) is 22.0. The van der Waals surface area contributed by atoms with E-state index in [1.54, 1.807) is 0 Å². The highest BCUT2D eigenvalue weighted by atomic mass is 32.1. The van der Waals surface area contributed by atoms with Crippen molar-refractivity contribution in [2.75, 3.05) is 4.90 Å². The highest BCUT2D eigenvalue weighted by Gasteiger charge is 2.19. The van der Waals surface area contributed by atoms with Crippen LogP contribution in [0.15, 0.2) is 200 Å². The van der Waals surface area contributed by atoms with Crippen molar-refractivity contribution in [3.63, 3.8) is 0 Å². The van der Waals surface area contributed by atoms with E-state index in [4.69, 9.17) is 0 Å². The van der Waals surface area contributed by atoms with Crippen molar-refractivity contribution >= 4 is 112 Å². The minimum atomic E-state index is 1.12. The van der Waals surface area contributed by atoms with E-state index < -0.39 is 0 Å². The SMILES string of the molecule is c1ccc(-c2ccc(N(c3ccc(-c4cccc5c4sc4ccccc45)cc3)c3ccc(-c4cccc5sc6ccc7c8ccccc8sc7c6c45)cc3)cc2)cc1. The minimum Gasteiger partial charge on any atom is -0.311 e. The molecule has 9 aromatic carbocycles. The van der Waals surface area contributed by atoms with Gasteiger partial charge >= 0.3 is 0 Å². The molecule has 0 bridgehead atoms. The number of fused-ring (bicyclic) bond motifs is 10. The monoisotopic (exact) mass is 791 g/mol. The Morgan fingerprint density at radius 2 is 0.724 bits per heavy atom. The third-order valence-corrected chi connectivity index (χ3v) is 15.1. The predicted octanol–water partition coefficient (Wildman–Crippen LogP) is 17.3. The molecule has 58 heavy (non-hydrogen) atoms. The van der Waals surface area contributed by atoms with Crippen LogP contribution in [-0.4, -0.2) is 0 Å². The number of anilines is 3. The highest BCUT2D eigenvalue weighted by Crippen LogP contribution is 2.48. The summed E-state index contributed by atoms with van der Waals surface area (Å²) in [7, 11) is 0. The number of benzene rings is 9. The molecule has 12 rings (SSSR count). The van der Waals surface area contributed by atoms with Crippen LogP contribution in [0, 0.1) is 0 Å². The lowest BCUT2D eigenvalue weighted by atomic mass is 9.98. The lowest BCUT2D eigenvalue weighted by molar-refractivity contribution is 1.28. The molecule has 12 aromatic rings. The molecule has 1 nitrogen and oxygen atoms in total. The largest absolute Gasteiger partial charge is 0.311 e. The Hall–Kier alpha value is -6.56. The van der Waals surface area contributed by atoms with Crippen molar-refractivity contribution in [1.29, 1.82) is 0 Å². The Morgan fingerprint density at radius 3 is 1.40 bits per heavy atom. The Bertz CT molecular complexity index is 3480. The topological polar surface area (TPSA) is 3.24 Å². The van der Waals surface area contributed by atoms with Crippen molar-refractivity contribution in [1.82, 2.24) is 0 Å². The van der Waals surface area contributed by atoms with Crippen LogP contribution < -0.4 is 4.90 Å². The van der Waals surface area contributed by atoms with E-state index in [0.717, 1.165) is 17.1 Å². The highest BCUT2D eigenvalue weighted by molar-refractivity contribution is 7.30. The number of hydrogen-bond donors (Lipinski definition) is 0. The molecule has 0 aliphatic heterocycles. The first kappa shape index (κ1) is 33.6. The van der Waals surface area contributed by atoms with E-state index in [-0.39, 0.29) is 0 Å². The van der Waals surface area contributed by atoms with Crippen LogP contribution in [0.25, 0.3) is 93.9 Å². The third-order valence-electron chi connectivity index (χ3n) is 11.5. The molecular weight excluding hydrogens is 759 g/mol. The van der Waals surface area contributed by atoms with Crippen LogP contribution in [0.1, 0.15) is 0 Å². The summed E-state index contributed by atoms with van der Waals surface area (Å²) >= 11 is 5.69. The Balaban J connectivity index is 0.970. The fourth-order valence-corrected chi connectivity index (χ4v) is 12.5. The molecule has 0 saturated heterocycles. The molecule has 0 N–H and O–H groups in total. The fourth-order valence-electron chi connectivity index (χ4n) is 8.76. The third kappa shape index (κ3) is 5.41. The average Bonchev–Trinajstić information content (AvgIpc) is 3.99. The summed E-state index contributed by atoms with van der Waals surface area (Å²) < 4.78 is 8.05. The fraction of sp³-hybridized carbons (Fsp3) is 0. The summed E-state index contributed by atoms with van der Waals surface area (Å²) in [6.07, 6.45) is 0. The number of rotatable bonds is 6. The predicted molar refractivity (Wildman–Crippen MR) is 256 cm³/mol. The Morgan fingerprint density at radius 1 is 0.259 bits per heavy atom. The average molecular weight is 792 g/mol. The molecule has 0 spiro atoms. The van der Waals surface area contributed by atoms with Gasteiger partial charge in [0, 0.05) is 77.6 Å². The molecule has 0 atom stereocenters. The first-order chi connectivity index (χ1) is 28.7. The van der Waals surface area contributed by atoms with Crippen LogP contribution in [0.3, 0.4) is 0 Å². The van der Waals surface area contributed by atoms with Crippen LogP contribution in [0.2, 0.25) is 0 Å². The number of hydrogen-bond acceptors (Lipinski definition) is 4. The van der Waals surface area contributed by atoms with Crippen LogP contribution in [-0.2, 0) is 0 Å². The van der Waals surface area contributed by atoms with E-state index in [0.29, 0.717) is 0 Å². The van der Waals surface area contributed by atoms with E-state index in [9.17, 15) is 0 Å². The summed E-state index contributed by atoms with van der Waals surface area (Å²) in [5.41, 5.74) is 10.8. The van der Waals surface area contributed by atoms with Gasteiger partial charge in [0.1, 0.15) is 0 Å². The van der Waals surface area contributed by atoms with Gasteiger partial charge in [-0.3, -0.25) is 0 Å². The molecule has 0 radical (unpaired) electrons. The summed E-state index contributed by atoms with van der Waals surface area (Å²) in [5, 5.41) is 8.06. The maximum Gasteiger partial charge on any atom is 0.0462 e. The maximum atomic E-state index is 2.38. The molecule has 0 amide bonds. The van der Waals surface area contributed by atoms with E-state index in [2.05, 4.69) is 205 Å². The van der Waals surface area contributed by atoms with E-state index in [1.165, 1.54) is 93.9 Å². The molecular formula is C54H33NS3. The molecule has 0 aliphatic carbocycles. The molecule has 0 unspecified atom stereocenters. The lowest BCUT2D eigenvalue weighted by Crippen LogP contribution is -2.09. The van der Waals surface area contributed by atoms with Gasteiger partial charge in [-0.2, -0.15) is 0 Å². The second kappa shape index (κ2) is 13.5. The molecule has 0 saturated carbocycles. The zero-order valence-electron chi connectivity index (χ0n) is 31.2. The second-order valence-electron chi connectivity index (χ2n) is 14.8. The van der Waals surface area contributed by atoms with Gasteiger partial charge in [0.15, 0.2) is 0 Å². The lowest BCUT2D eigenvalue weighted by Gasteiger charge is -2.26. The van der Waals surface area contributed by atoms with Crippen LogP contribution in [0.5, 0.6) is 0 Å². The van der Waals surface area contributed by atoms with Crippen molar-refractivity contribution in [3.8, 4) is 33.4 Å². The normalized spacial score (nSPS) is 11.8. The summed E-state index contributed by atoms with van der Waals surface area (Å²) in [5.74, 6) is 0. The Labute approximate surface area is 347 Å². The molecule has 272 valence electrons. The smallest absolute Gasteiger partial charge is 0.0462 e. The molecule has 4 heteroatoms. The standard InChI is InChI=1S/C54H33NS3/c1-2-10-34(11-3-1)35-20-26-38(27-21-35)55(40-30-24-37(25-31-40)42-15-8-16-45-43-12-4-6-17-47(43)57-53(42)45)39-28-22-36(23-29-39)41-14-9-19-49-51(41)52-50(56-49)33-32-46-44-13-5-7-18-48(44)58-54(46)52/h1-33H. The van der Waals surface area contributed by atoms with Gasteiger partial charge in [-0.25, -0.2) is 0 Å². The zero-order chi connectivity index (χ0) is 38.2. The van der Waals surface area contributed by atoms with Gasteiger partial charge < -0.3 is 4.90 Å². The number of thiophene rings is 3. The van der Waals surface area contributed by atoms with Crippen LogP contribution in [0.4, 0.5) is 17.1 Å². The van der Waals surface area contributed by atoms with Crippen molar-refractivity contribution < 1.29 is 0 Å². The van der Waals surface area contributed by atoms with Gasteiger partial charge in [0.2, 0.25) is 0 Å². The maximum absolute atomic E-state index is 2.38. The quantitative estimate of drug-likeness (QED) is 0.162. The van der Waals surface area contributed by atoms with Gasteiger partial charge in [0.25, 0.3) is 0 Å². The van der Waals surface area contributed by atoms with Gasteiger partial charge in [-0.1, -0.05) is 140 Å². The van der Waals surface area contributed by atoms with Crippen molar-refractivity contribution in [2.45, 2.75) is 0 Å². The first-order valence-electron chi connectivity index (χ1n) is 19.6. The molecule has 0 fully saturated rings. The summed E-state index contributed by atoms with van der Waals surface area (Å²) in [6, 6.07) is 73.6. The minimum absolute atomic E-state index is 1.12. The van der Waals surface area contributed by atoms with Gasteiger partial charge in [-0.15, -0.1) is 34.0 Å². The van der Waals surface area contributed by atoms with Crippen LogP contribution >= 0.6 is 34.0 Å². The summed E-state index contributed by atoms with van der Waals surface area (Å²) in [4.78, 5) is 2.38. The van der Waals surface area contributed by atoms with Gasteiger partial charge in [0.05, 0.1) is 0 Å². The van der Waals surface area contributed by atoms with E-state index in [1.807, 2.05) is 34.0 Å². The van der Waals surface area contributed by atoms with Gasteiger partial charge in [-0.05, 0) is 94.0 Å². The summed E-state index contributed by atoms with van der Waals surface area (Å²) in [6.45, 7) is 0. The molecule has 0 aliphatic rings. The zero-order valence-corrected chi connectivity index (χ0v) is 33.7. The van der Waals surface area contributed by atoms with Crippen molar-refractivity contribution in [3.05, 3.63) is 200 Å². The Kier molecular flexibility index (Phi) is 7.83. The molecule has 3 heterocycles. The molecule has 3 aromatic heterocycles. The number of nitrogens with zero attached hydrogens (tertiary/aromatic N) is 1.